The van der Waals surface area contributed by atoms with Gasteiger partial charge < -0.3 is 5.73 Å². The summed E-state index contributed by atoms with van der Waals surface area (Å²) >= 11 is 0. The van der Waals surface area contributed by atoms with E-state index in [1.54, 1.807) is 0 Å². The number of nitrogens with one attached hydrogen (secondary N) is 1. The number of aromatic nitrogens is 5. The number of hydrogen-bond acceptors (Lipinski definition) is 12. The maximum absolute atomic E-state index is 12.2. The summed E-state index contributed by atoms with van der Waals surface area (Å²) in [5.74, 6) is -0.794. The van der Waals surface area contributed by atoms with E-state index in [1.165, 1.54) is 6.92 Å². The lowest BCUT2D eigenvalue weighted by Gasteiger charge is -2.00. The molecule has 16 heteroatoms. The predicted octanol–water partition coefficient (Wildman–Crippen LogP) is 0.121. The van der Waals surface area contributed by atoms with Crippen LogP contribution in [-0.4, -0.2) is 47.3 Å². The van der Waals surface area contributed by atoms with Gasteiger partial charge in [0.1, 0.15) is 0 Å². The Labute approximate surface area is 159 Å². The van der Waals surface area contributed by atoms with Crippen molar-refractivity contribution in [2.45, 2.75) is 6.92 Å². The third-order valence-corrected chi connectivity index (χ3v) is 3.60. The Balaban J connectivity index is 1.79. The number of hydrogen-bond donors (Lipinski definition) is 2. The molecule has 0 radical (unpaired) electrons. The Morgan fingerprint density at radius 2 is 2.07 bits per heavy atom. The number of carbonyl (C=O) groups is 1. The van der Waals surface area contributed by atoms with Crippen LogP contribution >= 0.6 is 0 Å². The number of nitrogens with zero attached hydrogens (tertiary/aromatic N) is 8. The molecule has 3 N–H and O–H groups in total. The van der Waals surface area contributed by atoms with Gasteiger partial charge in [0.05, 0.1) is 33.4 Å². The number of anilines is 1. The van der Waals surface area contributed by atoms with Crippen LogP contribution in [0.1, 0.15) is 21.7 Å². The van der Waals surface area contributed by atoms with Crippen molar-refractivity contribution in [3.63, 3.8) is 0 Å². The van der Waals surface area contributed by atoms with E-state index in [-0.39, 0.29) is 28.6 Å². The monoisotopic (exact) mass is 402 g/mol. The summed E-state index contributed by atoms with van der Waals surface area (Å²) in [5, 5.41) is 39.8. The highest BCUT2D eigenvalue weighted by Crippen LogP contribution is 2.23. The number of hydrazone groups is 1. The fraction of sp³-hybridized carbons (Fsp3) is 0.0769. The Morgan fingerprint density at radius 1 is 1.31 bits per heavy atom. The number of nitro groups is 2. The van der Waals surface area contributed by atoms with E-state index < -0.39 is 27.1 Å². The summed E-state index contributed by atoms with van der Waals surface area (Å²) in [5.41, 5.74) is 6.77. The first kappa shape index (κ1) is 19.0. The highest BCUT2D eigenvalue weighted by atomic mass is 16.6. The molecule has 2 aromatic heterocycles. The van der Waals surface area contributed by atoms with Crippen molar-refractivity contribution in [2.75, 3.05) is 5.73 Å². The fourth-order valence-electron chi connectivity index (χ4n) is 2.20. The first-order chi connectivity index (χ1) is 13.8. The summed E-state index contributed by atoms with van der Waals surface area (Å²) in [6, 6.07) is 2.99. The minimum atomic E-state index is -0.803. The lowest BCUT2D eigenvalue weighted by atomic mass is 10.2. The zero-order valence-electron chi connectivity index (χ0n) is 14.4. The molecule has 0 aliphatic heterocycles. The standard InChI is InChI=1S/C13H10N10O6/c1-6-10(16-20-21(6)12-11(14)18-29-19-12)13(24)17-15-5-7-2-3-8(22(25)26)4-9(7)23(27)28/h2-5H,1H3,(H2,14,18)(H,17,24)/b15-5-. The maximum atomic E-state index is 12.2. The van der Waals surface area contributed by atoms with Crippen LogP contribution in [-0.2, 0) is 0 Å². The van der Waals surface area contributed by atoms with E-state index in [2.05, 4.69) is 35.8 Å². The largest absolute Gasteiger partial charge is 0.378 e. The molecule has 16 nitrogen and oxygen atoms in total. The molecule has 0 fully saturated rings. The Morgan fingerprint density at radius 3 is 2.69 bits per heavy atom. The van der Waals surface area contributed by atoms with E-state index in [1.807, 2.05) is 0 Å². The van der Waals surface area contributed by atoms with Gasteiger partial charge in [-0.2, -0.15) is 9.78 Å². The van der Waals surface area contributed by atoms with E-state index >= 15 is 0 Å². The molecular weight excluding hydrogens is 392 g/mol. The predicted molar refractivity (Wildman–Crippen MR) is 93.2 cm³/mol. The maximum Gasteiger partial charge on any atom is 0.293 e. The van der Waals surface area contributed by atoms with Gasteiger partial charge in [0.25, 0.3) is 17.3 Å². The molecule has 148 valence electrons. The van der Waals surface area contributed by atoms with Crippen molar-refractivity contribution in [3.05, 3.63) is 55.4 Å². The summed E-state index contributed by atoms with van der Waals surface area (Å²) in [6.07, 6.45) is 0.971. The van der Waals surface area contributed by atoms with Crippen LogP contribution in [0.2, 0.25) is 0 Å². The topological polar surface area (TPSA) is 223 Å². The van der Waals surface area contributed by atoms with Gasteiger partial charge in [-0.3, -0.25) is 25.0 Å². The van der Waals surface area contributed by atoms with Crippen LogP contribution < -0.4 is 11.2 Å². The number of rotatable bonds is 6. The minimum Gasteiger partial charge on any atom is -0.378 e. The number of benzene rings is 1. The van der Waals surface area contributed by atoms with E-state index in [0.717, 1.165) is 29.1 Å². The quantitative estimate of drug-likeness (QED) is 0.320. The molecule has 0 aliphatic carbocycles. The van der Waals surface area contributed by atoms with Gasteiger partial charge in [-0.15, -0.1) is 5.10 Å². The number of amides is 1. The first-order valence-electron chi connectivity index (χ1n) is 7.56. The third kappa shape index (κ3) is 3.70. The first-order valence-corrected chi connectivity index (χ1v) is 7.56. The average Bonchev–Trinajstić information content (AvgIpc) is 3.26. The van der Waals surface area contributed by atoms with E-state index in [4.69, 9.17) is 5.73 Å². The van der Waals surface area contributed by atoms with Crippen LogP contribution in [0.3, 0.4) is 0 Å². The summed E-state index contributed by atoms with van der Waals surface area (Å²) in [4.78, 5) is 32.5. The lowest BCUT2D eigenvalue weighted by molar-refractivity contribution is -0.394. The molecule has 29 heavy (non-hydrogen) atoms. The average molecular weight is 402 g/mol. The summed E-state index contributed by atoms with van der Waals surface area (Å²) in [7, 11) is 0. The smallest absolute Gasteiger partial charge is 0.293 e. The fourth-order valence-corrected chi connectivity index (χ4v) is 2.20. The van der Waals surface area contributed by atoms with Crippen molar-refractivity contribution in [1.82, 2.24) is 30.7 Å². The van der Waals surface area contributed by atoms with Crippen LogP contribution in [0.25, 0.3) is 5.82 Å². The van der Waals surface area contributed by atoms with Crippen molar-refractivity contribution in [2.24, 2.45) is 5.10 Å². The lowest BCUT2D eigenvalue weighted by Crippen LogP contribution is -2.19. The number of non-ortho nitro benzene ring substituents is 1. The van der Waals surface area contributed by atoms with Gasteiger partial charge in [-0.25, -0.2) is 10.1 Å². The molecule has 1 aromatic carbocycles. The van der Waals surface area contributed by atoms with Crippen LogP contribution in [0.15, 0.2) is 27.9 Å². The number of nitro benzene ring substituents is 2. The second kappa shape index (κ2) is 7.47. The van der Waals surface area contributed by atoms with Gasteiger partial charge in [-0.1, -0.05) is 5.21 Å². The number of nitrogen functional groups attached to an aromatic ring is 1. The highest BCUT2D eigenvalue weighted by molar-refractivity contribution is 5.94. The van der Waals surface area contributed by atoms with Gasteiger partial charge >= 0.3 is 0 Å². The third-order valence-electron chi connectivity index (χ3n) is 3.60. The van der Waals surface area contributed by atoms with Crippen LogP contribution in [0.4, 0.5) is 17.2 Å². The van der Waals surface area contributed by atoms with Crippen molar-refractivity contribution in [3.8, 4) is 5.82 Å². The molecule has 0 saturated heterocycles. The van der Waals surface area contributed by atoms with E-state index in [9.17, 15) is 25.0 Å². The number of nitrogens with two attached hydrogens (primary N) is 1. The second-order valence-electron chi connectivity index (χ2n) is 5.36. The minimum absolute atomic E-state index is 0.0408. The van der Waals surface area contributed by atoms with Gasteiger partial charge in [0.2, 0.25) is 11.6 Å². The molecule has 0 atom stereocenters. The molecule has 0 unspecified atom stereocenters. The normalized spacial score (nSPS) is 10.9. The molecule has 2 heterocycles. The Hall–Kier alpha value is -4.76. The van der Waals surface area contributed by atoms with E-state index in [0.29, 0.717) is 0 Å². The summed E-state index contributed by atoms with van der Waals surface area (Å²) < 4.78 is 5.59. The molecule has 0 bridgehead atoms. The van der Waals surface area contributed by atoms with Gasteiger partial charge in [0, 0.05) is 6.07 Å². The number of carbonyl (C=O) groups excluding carboxylic acids is 1. The van der Waals surface area contributed by atoms with Crippen LogP contribution in [0, 0.1) is 27.2 Å². The molecule has 1 amide bonds. The molecule has 0 spiro atoms. The molecule has 3 rings (SSSR count). The van der Waals surface area contributed by atoms with Crippen molar-refractivity contribution < 1.29 is 19.3 Å². The molecule has 0 aliphatic rings. The molecular formula is C13H10N10O6. The zero-order chi connectivity index (χ0) is 21.1. The van der Waals surface area contributed by atoms with Crippen LogP contribution in [0.5, 0.6) is 0 Å². The summed E-state index contributed by atoms with van der Waals surface area (Å²) in [6.45, 7) is 1.51. The molecule has 3 aromatic rings. The zero-order valence-corrected chi connectivity index (χ0v) is 14.4. The van der Waals surface area contributed by atoms with Gasteiger partial charge in [-0.05, 0) is 23.3 Å². The van der Waals surface area contributed by atoms with Gasteiger partial charge in [0.15, 0.2) is 5.69 Å². The highest BCUT2D eigenvalue weighted by Gasteiger charge is 2.21. The SMILES string of the molecule is Cc1c(C(=O)N/N=C\c2ccc([N+](=O)[O-])cc2[N+](=O)[O-])nnn1-c1nonc1N. The second-order valence-corrected chi connectivity index (χ2v) is 5.36. The van der Waals surface area contributed by atoms with Crippen molar-refractivity contribution in [1.29, 1.82) is 0 Å². The Kier molecular flexibility index (Phi) is 4.89. The molecule has 0 saturated carbocycles. The Bertz CT molecular complexity index is 1150. The van der Waals surface area contributed by atoms with Crippen molar-refractivity contribution >= 4 is 29.3 Å².